The summed E-state index contributed by atoms with van der Waals surface area (Å²) in [5.41, 5.74) is 5.92. The summed E-state index contributed by atoms with van der Waals surface area (Å²) in [7, 11) is 0. The van der Waals surface area contributed by atoms with E-state index in [1.54, 1.807) is 13.0 Å². The van der Waals surface area contributed by atoms with Crippen LogP contribution in [0.15, 0.2) is 12.1 Å². The lowest BCUT2D eigenvalue weighted by atomic mass is 10.0. The Hall–Kier alpha value is -1.69. The van der Waals surface area contributed by atoms with Crippen LogP contribution in [0.4, 0.5) is 5.69 Å². The van der Waals surface area contributed by atoms with Crippen LogP contribution in [-0.2, 0) is 0 Å². The smallest absolute Gasteiger partial charge is 0.330 e. The third kappa shape index (κ3) is 3.67. The van der Waals surface area contributed by atoms with Crippen molar-refractivity contribution in [2.75, 3.05) is 6.61 Å². The summed E-state index contributed by atoms with van der Waals surface area (Å²) in [6.45, 7) is 5.70. The minimum atomic E-state index is -0.515. The molecule has 0 aliphatic carbocycles. The van der Waals surface area contributed by atoms with Crippen LogP contribution in [0.1, 0.15) is 26.0 Å². The third-order valence-electron chi connectivity index (χ3n) is 2.52. The van der Waals surface area contributed by atoms with Crippen LogP contribution >= 0.6 is 0 Å². The van der Waals surface area contributed by atoms with Gasteiger partial charge in [0, 0.05) is 17.3 Å². The van der Waals surface area contributed by atoms with E-state index in [2.05, 4.69) is 4.98 Å². The number of ether oxygens (including phenoxy) is 1. The number of hydrogen-bond donors (Lipinski definition) is 1. The van der Waals surface area contributed by atoms with Gasteiger partial charge in [-0.3, -0.25) is 10.1 Å². The average molecular weight is 239 g/mol. The molecule has 0 saturated heterocycles. The standard InChI is InChI=1S/C11H17N3O3/c1-4-11(3,12)7-17-10-9(14(15)16)6-5-8(2)13-10/h5-6H,4,7,12H2,1-3H3. The zero-order valence-electron chi connectivity index (χ0n) is 10.3. The summed E-state index contributed by atoms with van der Waals surface area (Å²) in [6, 6.07) is 2.96. The van der Waals surface area contributed by atoms with Gasteiger partial charge in [0.1, 0.15) is 6.61 Å². The van der Waals surface area contributed by atoms with Crippen molar-refractivity contribution in [1.29, 1.82) is 0 Å². The number of nitrogens with zero attached hydrogens (tertiary/aromatic N) is 2. The molecule has 0 fully saturated rings. The molecule has 0 spiro atoms. The van der Waals surface area contributed by atoms with Gasteiger partial charge in [0.25, 0.3) is 5.88 Å². The minimum absolute atomic E-state index is 0.0279. The molecule has 1 aromatic rings. The topological polar surface area (TPSA) is 91.3 Å². The first-order valence-electron chi connectivity index (χ1n) is 5.39. The number of pyridine rings is 1. The zero-order chi connectivity index (χ0) is 13.1. The van der Waals surface area contributed by atoms with E-state index < -0.39 is 10.5 Å². The lowest BCUT2D eigenvalue weighted by Crippen LogP contribution is -2.41. The highest BCUT2D eigenvalue weighted by Gasteiger charge is 2.21. The van der Waals surface area contributed by atoms with E-state index in [9.17, 15) is 10.1 Å². The highest BCUT2D eigenvalue weighted by molar-refractivity contribution is 5.41. The van der Waals surface area contributed by atoms with E-state index in [0.29, 0.717) is 12.1 Å². The maximum absolute atomic E-state index is 10.8. The van der Waals surface area contributed by atoms with E-state index >= 15 is 0 Å². The summed E-state index contributed by atoms with van der Waals surface area (Å²) in [6.07, 6.45) is 0.715. The van der Waals surface area contributed by atoms with Crippen LogP contribution in [0.5, 0.6) is 5.88 Å². The number of aromatic nitrogens is 1. The maximum Gasteiger partial charge on any atom is 0.330 e. The Morgan fingerprint density at radius 1 is 1.59 bits per heavy atom. The monoisotopic (exact) mass is 239 g/mol. The largest absolute Gasteiger partial charge is 0.471 e. The van der Waals surface area contributed by atoms with Crippen LogP contribution < -0.4 is 10.5 Å². The Labute approximate surface area is 99.9 Å². The fourth-order valence-corrected chi connectivity index (χ4v) is 1.11. The fourth-order valence-electron chi connectivity index (χ4n) is 1.11. The molecule has 94 valence electrons. The Balaban J connectivity index is 2.89. The van der Waals surface area contributed by atoms with Crippen molar-refractivity contribution < 1.29 is 9.66 Å². The SMILES string of the molecule is CCC(C)(N)COc1nc(C)ccc1[N+](=O)[O-]. The molecule has 0 aliphatic heterocycles. The van der Waals surface area contributed by atoms with E-state index in [-0.39, 0.29) is 18.2 Å². The second kappa shape index (κ2) is 5.09. The van der Waals surface area contributed by atoms with Crippen molar-refractivity contribution in [3.8, 4) is 5.88 Å². The third-order valence-corrected chi connectivity index (χ3v) is 2.52. The molecule has 6 nitrogen and oxygen atoms in total. The van der Waals surface area contributed by atoms with Crippen molar-refractivity contribution in [2.45, 2.75) is 32.7 Å². The predicted octanol–water partition coefficient (Wildman–Crippen LogP) is 1.80. The molecular formula is C11H17N3O3. The molecular weight excluding hydrogens is 222 g/mol. The predicted molar refractivity (Wildman–Crippen MR) is 64.0 cm³/mol. The van der Waals surface area contributed by atoms with Crippen LogP contribution in [0.25, 0.3) is 0 Å². The molecule has 1 rings (SSSR count). The van der Waals surface area contributed by atoms with Gasteiger partial charge in [-0.2, -0.15) is 0 Å². The first-order valence-corrected chi connectivity index (χ1v) is 5.39. The molecule has 0 aliphatic rings. The summed E-state index contributed by atoms with van der Waals surface area (Å²) < 4.78 is 5.36. The fraction of sp³-hybridized carbons (Fsp3) is 0.545. The van der Waals surface area contributed by atoms with Crippen molar-refractivity contribution >= 4 is 5.69 Å². The quantitative estimate of drug-likeness (QED) is 0.625. The number of nitrogens with two attached hydrogens (primary N) is 1. The molecule has 17 heavy (non-hydrogen) atoms. The van der Waals surface area contributed by atoms with Gasteiger partial charge in [0.2, 0.25) is 0 Å². The Bertz CT molecular complexity index is 418. The molecule has 2 N–H and O–H groups in total. The van der Waals surface area contributed by atoms with Crippen LogP contribution in [0.2, 0.25) is 0 Å². The number of nitro groups is 1. The van der Waals surface area contributed by atoms with Gasteiger partial charge in [0.05, 0.1) is 4.92 Å². The lowest BCUT2D eigenvalue weighted by Gasteiger charge is -2.22. The molecule has 1 unspecified atom stereocenters. The van der Waals surface area contributed by atoms with Crippen LogP contribution in [0, 0.1) is 17.0 Å². The molecule has 0 radical (unpaired) electrons. The molecule has 1 atom stereocenters. The van der Waals surface area contributed by atoms with Gasteiger partial charge in [-0.15, -0.1) is 0 Å². The van der Waals surface area contributed by atoms with Crippen molar-refractivity contribution in [2.24, 2.45) is 5.73 Å². The zero-order valence-corrected chi connectivity index (χ0v) is 10.3. The Morgan fingerprint density at radius 2 is 2.24 bits per heavy atom. The minimum Gasteiger partial charge on any atom is -0.471 e. The second-order valence-corrected chi connectivity index (χ2v) is 4.33. The molecule has 0 aromatic carbocycles. The maximum atomic E-state index is 10.8. The molecule has 1 aromatic heterocycles. The first-order chi connectivity index (χ1) is 7.85. The van der Waals surface area contributed by atoms with Crippen molar-refractivity contribution in [3.05, 3.63) is 27.9 Å². The molecule has 1 heterocycles. The number of aryl methyl sites for hydroxylation is 1. The van der Waals surface area contributed by atoms with Crippen LogP contribution in [-0.4, -0.2) is 22.1 Å². The van der Waals surface area contributed by atoms with Gasteiger partial charge in [-0.05, 0) is 26.3 Å². The van der Waals surface area contributed by atoms with Gasteiger partial charge < -0.3 is 10.5 Å². The van der Waals surface area contributed by atoms with Crippen molar-refractivity contribution in [3.63, 3.8) is 0 Å². The Morgan fingerprint density at radius 3 is 2.76 bits per heavy atom. The molecule has 0 saturated carbocycles. The van der Waals surface area contributed by atoms with Gasteiger partial charge in [-0.25, -0.2) is 4.98 Å². The number of hydrogen-bond acceptors (Lipinski definition) is 5. The first kappa shape index (κ1) is 13.4. The molecule has 6 heteroatoms. The highest BCUT2D eigenvalue weighted by Crippen LogP contribution is 2.25. The van der Waals surface area contributed by atoms with Gasteiger partial charge in [-0.1, -0.05) is 6.92 Å². The average Bonchev–Trinajstić information content (AvgIpc) is 2.26. The van der Waals surface area contributed by atoms with Gasteiger partial charge in [0.15, 0.2) is 0 Å². The summed E-state index contributed by atoms with van der Waals surface area (Å²) in [5, 5.41) is 10.8. The number of rotatable bonds is 5. The molecule has 0 bridgehead atoms. The lowest BCUT2D eigenvalue weighted by molar-refractivity contribution is -0.386. The molecule has 0 amide bonds. The van der Waals surface area contributed by atoms with Crippen molar-refractivity contribution in [1.82, 2.24) is 4.98 Å². The van der Waals surface area contributed by atoms with E-state index in [0.717, 1.165) is 0 Å². The van der Waals surface area contributed by atoms with Crippen LogP contribution in [0.3, 0.4) is 0 Å². The summed E-state index contributed by atoms with van der Waals surface area (Å²) in [4.78, 5) is 14.3. The normalized spacial score (nSPS) is 14.1. The summed E-state index contributed by atoms with van der Waals surface area (Å²) >= 11 is 0. The Kier molecular flexibility index (Phi) is 4.01. The van der Waals surface area contributed by atoms with Gasteiger partial charge >= 0.3 is 5.69 Å². The highest BCUT2D eigenvalue weighted by atomic mass is 16.6. The summed E-state index contributed by atoms with van der Waals surface area (Å²) in [5.74, 6) is 0.0279. The van der Waals surface area contributed by atoms with E-state index in [1.807, 2.05) is 13.8 Å². The van der Waals surface area contributed by atoms with E-state index in [4.69, 9.17) is 10.5 Å². The second-order valence-electron chi connectivity index (χ2n) is 4.33. The van der Waals surface area contributed by atoms with E-state index in [1.165, 1.54) is 6.07 Å².